The fraction of sp³-hybridized carbons (Fsp3) is 0.545. The predicted molar refractivity (Wildman–Crippen MR) is 109 cm³/mol. The fourth-order valence-corrected chi connectivity index (χ4v) is 4.43. The maximum absolute atomic E-state index is 12.3. The molecule has 27 heavy (non-hydrogen) atoms. The van der Waals surface area contributed by atoms with Gasteiger partial charge in [0.2, 0.25) is 5.91 Å². The molecule has 4 rings (SSSR count). The monoisotopic (exact) mass is 366 g/mol. The first kappa shape index (κ1) is 18.1. The highest BCUT2D eigenvalue weighted by Crippen LogP contribution is 2.27. The van der Waals surface area contributed by atoms with Crippen molar-refractivity contribution in [1.29, 1.82) is 0 Å². The van der Waals surface area contributed by atoms with Crippen LogP contribution in [0.4, 0.5) is 5.82 Å². The highest BCUT2D eigenvalue weighted by molar-refractivity contribution is 5.76. The third-order valence-corrected chi connectivity index (χ3v) is 6.03. The van der Waals surface area contributed by atoms with E-state index >= 15 is 0 Å². The van der Waals surface area contributed by atoms with Crippen LogP contribution in [0.2, 0.25) is 0 Å². The molecule has 1 saturated carbocycles. The van der Waals surface area contributed by atoms with Gasteiger partial charge in [0.05, 0.1) is 5.69 Å². The zero-order chi connectivity index (χ0) is 18.5. The second kappa shape index (κ2) is 8.59. The molecule has 1 aromatic carbocycles. The second-order valence-electron chi connectivity index (χ2n) is 8.04. The summed E-state index contributed by atoms with van der Waals surface area (Å²) >= 11 is 0. The molecule has 0 bridgehead atoms. The van der Waals surface area contributed by atoms with E-state index in [1.54, 1.807) is 0 Å². The molecular weight excluding hydrogens is 336 g/mol. The number of piperidine rings is 1. The lowest BCUT2D eigenvalue weighted by molar-refractivity contribution is -0.123. The van der Waals surface area contributed by atoms with Gasteiger partial charge in [-0.3, -0.25) is 9.89 Å². The van der Waals surface area contributed by atoms with Gasteiger partial charge in [-0.25, -0.2) is 0 Å². The van der Waals surface area contributed by atoms with Crippen molar-refractivity contribution >= 4 is 11.7 Å². The number of amides is 1. The lowest BCUT2D eigenvalue weighted by Crippen LogP contribution is -2.45. The number of benzene rings is 1. The Morgan fingerprint density at radius 3 is 2.56 bits per heavy atom. The molecule has 2 fully saturated rings. The number of carbonyl (C=O) groups is 1. The molecule has 2 N–H and O–H groups in total. The Kier molecular flexibility index (Phi) is 5.75. The highest BCUT2D eigenvalue weighted by Gasteiger charge is 2.24. The van der Waals surface area contributed by atoms with Crippen molar-refractivity contribution in [2.75, 3.05) is 18.0 Å². The molecule has 2 aliphatic rings. The topological polar surface area (TPSA) is 61.0 Å². The molecule has 5 nitrogen and oxygen atoms in total. The van der Waals surface area contributed by atoms with Gasteiger partial charge in [-0.05, 0) is 37.2 Å². The summed E-state index contributed by atoms with van der Waals surface area (Å²) in [5, 5.41) is 10.9. The number of H-pyrrole nitrogens is 1. The molecule has 2 heterocycles. The second-order valence-corrected chi connectivity index (χ2v) is 8.04. The van der Waals surface area contributed by atoms with Crippen molar-refractivity contribution in [2.24, 2.45) is 5.92 Å². The van der Waals surface area contributed by atoms with E-state index in [1.807, 2.05) is 18.2 Å². The zero-order valence-corrected chi connectivity index (χ0v) is 16.0. The van der Waals surface area contributed by atoms with Gasteiger partial charge in [0.1, 0.15) is 0 Å². The zero-order valence-electron chi connectivity index (χ0n) is 16.0. The van der Waals surface area contributed by atoms with Crippen molar-refractivity contribution in [2.45, 2.75) is 57.4 Å². The molecule has 0 unspecified atom stereocenters. The van der Waals surface area contributed by atoms with E-state index in [2.05, 4.69) is 38.6 Å². The Bertz CT molecular complexity index is 728. The first-order valence-corrected chi connectivity index (χ1v) is 10.4. The first-order valence-electron chi connectivity index (χ1n) is 10.4. The van der Waals surface area contributed by atoms with E-state index in [0.29, 0.717) is 12.0 Å². The Balaban J connectivity index is 1.25. The van der Waals surface area contributed by atoms with Crippen LogP contribution in [0.1, 0.15) is 51.4 Å². The minimum absolute atomic E-state index is 0.256. The fourth-order valence-electron chi connectivity index (χ4n) is 4.43. The van der Waals surface area contributed by atoms with Gasteiger partial charge in [-0.1, -0.05) is 49.6 Å². The number of aromatic nitrogens is 2. The van der Waals surface area contributed by atoms with Gasteiger partial charge in [0.15, 0.2) is 5.82 Å². The number of carbonyl (C=O) groups excluding carboxylic acids is 1. The molecule has 2 aromatic rings. The van der Waals surface area contributed by atoms with Crippen LogP contribution in [0.15, 0.2) is 36.4 Å². The summed E-state index contributed by atoms with van der Waals surface area (Å²) in [6.45, 7) is 1.88. The minimum Gasteiger partial charge on any atom is -0.355 e. The van der Waals surface area contributed by atoms with Crippen molar-refractivity contribution < 1.29 is 4.79 Å². The quantitative estimate of drug-likeness (QED) is 0.836. The summed E-state index contributed by atoms with van der Waals surface area (Å²) in [6.07, 6.45) is 9.10. The van der Waals surface area contributed by atoms with Crippen molar-refractivity contribution in [3.8, 4) is 11.3 Å². The Morgan fingerprint density at radius 1 is 1.07 bits per heavy atom. The largest absolute Gasteiger partial charge is 0.355 e. The number of hydrogen-bond acceptors (Lipinski definition) is 3. The minimum atomic E-state index is 0.256. The van der Waals surface area contributed by atoms with Crippen molar-refractivity contribution in [3.05, 3.63) is 36.4 Å². The Hall–Kier alpha value is -2.30. The summed E-state index contributed by atoms with van der Waals surface area (Å²) in [4.78, 5) is 14.7. The van der Waals surface area contributed by atoms with Crippen LogP contribution in [0.25, 0.3) is 11.3 Å². The number of rotatable bonds is 5. The normalized spacial score (nSPS) is 19.2. The molecule has 144 valence electrons. The van der Waals surface area contributed by atoms with Crippen LogP contribution in [0.5, 0.6) is 0 Å². The van der Waals surface area contributed by atoms with E-state index < -0.39 is 0 Å². The predicted octanol–water partition coefficient (Wildman–Crippen LogP) is 4.13. The number of hydrogen-bond donors (Lipinski definition) is 2. The molecule has 0 atom stereocenters. The van der Waals surface area contributed by atoms with E-state index in [9.17, 15) is 4.79 Å². The SMILES string of the molecule is O=C(CC1CCCCC1)NC1CCN(c2cc(-c3ccccc3)[nH]n2)CC1. The standard InChI is InChI=1S/C22H30N4O/c27-22(15-17-7-3-1-4-8-17)23-19-11-13-26(14-12-19)21-16-20(24-25-21)18-9-5-2-6-10-18/h2,5-6,9-10,16-17,19H,1,3-4,7-8,11-15H2,(H,23,27)(H,24,25). The molecule has 1 saturated heterocycles. The number of nitrogens with zero attached hydrogens (tertiary/aromatic N) is 2. The van der Waals surface area contributed by atoms with Crippen LogP contribution >= 0.6 is 0 Å². The van der Waals surface area contributed by atoms with Crippen LogP contribution < -0.4 is 10.2 Å². The van der Waals surface area contributed by atoms with Crippen LogP contribution in [0.3, 0.4) is 0 Å². The smallest absolute Gasteiger partial charge is 0.220 e. The summed E-state index contributed by atoms with van der Waals surface area (Å²) in [5.41, 5.74) is 2.20. The van der Waals surface area contributed by atoms with E-state index in [0.717, 1.165) is 49.4 Å². The first-order chi connectivity index (χ1) is 13.3. The maximum atomic E-state index is 12.3. The van der Waals surface area contributed by atoms with E-state index in [-0.39, 0.29) is 5.91 Å². The summed E-state index contributed by atoms with van der Waals surface area (Å²) < 4.78 is 0. The van der Waals surface area contributed by atoms with Gasteiger partial charge in [0.25, 0.3) is 0 Å². The van der Waals surface area contributed by atoms with Gasteiger partial charge >= 0.3 is 0 Å². The molecule has 1 aromatic heterocycles. The lowest BCUT2D eigenvalue weighted by atomic mass is 9.86. The third kappa shape index (κ3) is 4.71. The number of aromatic amines is 1. The van der Waals surface area contributed by atoms with Crippen molar-refractivity contribution in [1.82, 2.24) is 15.5 Å². The highest BCUT2D eigenvalue weighted by atomic mass is 16.1. The average Bonchev–Trinajstić information content (AvgIpc) is 3.20. The molecule has 5 heteroatoms. The Morgan fingerprint density at radius 2 is 1.81 bits per heavy atom. The van der Waals surface area contributed by atoms with Crippen LogP contribution in [-0.4, -0.2) is 35.2 Å². The third-order valence-electron chi connectivity index (χ3n) is 6.03. The molecular formula is C22H30N4O. The lowest BCUT2D eigenvalue weighted by Gasteiger charge is -2.32. The van der Waals surface area contributed by atoms with Gasteiger partial charge in [-0.2, -0.15) is 5.10 Å². The Labute approximate surface area is 161 Å². The number of anilines is 1. The summed E-state index contributed by atoms with van der Waals surface area (Å²) in [7, 11) is 0. The van der Waals surface area contributed by atoms with Crippen molar-refractivity contribution in [3.63, 3.8) is 0 Å². The molecule has 0 spiro atoms. The summed E-state index contributed by atoms with van der Waals surface area (Å²) in [6, 6.07) is 12.7. The summed E-state index contributed by atoms with van der Waals surface area (Å²) in [5.74, 6) is 1.87. The van der Waals surface area contributed by atoms with Gasteiger partial charge < -0.3 is 10.2 Å². The van der Waals surface area contributed by atoms with E-state index in [1.165, 1.54) is 32.1 Å². The van der Waals surface area contributed by atoms with Gasteiger partial charge in [0, 0.05) is 31.6 Å². The molecule has 1 aliphatic carbocycles. The average molecular weight is 367 g/mol. The van der Waals surface area contributed by atoms with E-state index in [4.69, 9.17) is 0 Å². The van der Waals surface area contributed by atoms with Gasteiger partial charge in [-0.15, -0.1) is 0 Å². The van der Waals surface area contributed by atoms with Crippen LogP contribution in [0, 0.1) is 5.92 Å². The maximum Gasteiger partial charge on any atom is 0.220 e. The molecule has 1 amide bonds. The molecule has 0 radical (unpaired) electrons. The molecule has 1 aliphatic heterocycles. The number of nitrogens with one attached hydrogen (secondary N) is 2. The van der Waals surface area contributed by atoms with Crippen LogP contribution in [-0.2, 0) is 4.79 Å².